The van der Waals surface area contributed by atoms with Crippen molar-refractivity contribution in [2.75, 3.05) is 26.4 Å². The number of aliphatic hydroxyl groups is 2. The minimum absolute atomic E-state index is 0.147. The van der Waals surface area contributed by atoms with Crippen LogP contribution in [0.2, 0.25) is 0 Å². The Morgan fingerprint density at radius 2 is 1.84 bits per heavy atom. The molecule has 1 aliphatic heterocycles. The highest BCUT2D eigenvalue weighted by molar-refractivity contribution is 5.81. The molecule has 0 aromatic rings. The Hall–Kier alpha value is -1.70. The summed E-state index contributed by atoms with van der Waals surface area (Å²) in [7, 11) is 0. The first-order valence-corrected chi connectivity index (χ1v) is 5.52. The van der Waals surface area contributed by atoms with Crippen molar-refractivity contribution < 1.29 is 34.0 Å². The van der Waals surface area contributed by atoms with E-state index in [4.69, 9.17) is 14.9 Å². The molecule has 2 N–H and O–H groups in total. The van der Waals surface area contributed by atoms with E-state index in [1.165, 1.54) is 0 Å². The van der Waals surface area contributed by atoms with Crippen molar-refractivity contribution in [3.8, 4) is 0 Å². The van der Waals surface area contributed by atoms with Crippen LogP contribution in [0.4, 0.5) is 0 Å². The summed E-state index contributed by atoms with van der Waals surface area (Å²) < 4.78 is 13.8. The summed E-state index contributed by atoms with van der Waals surface area (Å²) >= 11 is 0. The lowest BCUT2D eigenvalue weighted by molar-refractivity contribution is -0.141. The molecule has 7 heteroatoms. The van der Waals surface area contributed by atoms with E-state index in [0.717, 1.165) is 12.2 Å². The molecule has 2 unspecified atom stereocenters. The Morgan fingerprint density at radius 1 is 1.32 bits per heavy atom. The second-order valence-electron chi connectivity index (χ2n) is 3.46. The van der Waals surface area contributed by atoms with E-state index in [0.29, 0.717) is 13.2 Å². The summed E-state index contributed by atoms with van der Waals surface area (Å²) in [6, 6.07) is 0. The molecule has 0 spiro atoms. The number of hydrogen-bond donors (Lipinski definition) is 2. The van der Waals surface area contributed by atoms with Crippen LogP contribution in [0.1, 0.15) is 0 Å². The molecule has 0 bridgehead atoms. The van der Waals surface area contributed by atoms with Gasteiger partial charge < -0.3 is 24.4 Å². The van der Waals surface area contributed by atoms with Crippen molar-refractivity contribution in [3.63, 3.8) is 0 Å². The average molecular weight is 274 g/mol. The zero-order valence-corrected chi connectivity index (χ0v) is 10.5. The summed E-state index contributed by atoms with van der Waals surface area (Å²) in [5.74, 6) is -0.988. The SMILES string of the molecule is C=CC(=O)OCC(O)CO.C=CC(=O)OCC1CO1. The topological polar surface area (TPSA) is 106 Å². The molecule has 1 rings (SSSR count). The highest BCUT2D eigenvalue weighted by Gasteiger charge is 2.23. The standard InChI is InChI=1S/C6H10O4.C6H8O3/c1-2-6(9)10-4-5(8)3-7;1-2-6(7)9-4-5-3-8-5/h2,5,7-8H,1,3-4H2;2,5H,1,3-4H2. The lowest BCUT2D eigenvalue weighted by atomic mass is 10.4. The zero-order chi connectivity index (χ0) is 14.7. The number of aliphatic hydroxyl groups excluding tert-OH is 2. The summed E-state index contributed by atoms with van der Waals surface area (Å²) in [4.78, 5) is 20.6. The van der Waals surface area contributed by atoms with E-state index in [1.807, 2.05) is 0 Å². The van der Waals surface area contributed by atoms with Gasteiger partial charge in [-0.05, 0) is 0 Å². The smallest absolute Gasteiger partial charge is 0.330 e. The van der Waals surface area contributed by atoms with Gasteiger partial charge >= 0.3 is 11.9 Å². The van der Waals surface area contributed by atoms with Crippen LogP contribution in [0.3, 0.4) is 0 Å². The number of epoxide rings is 1. The van der Waals surface area contributed by atoms with E-state index in [2.05, 4.69) is 22.6 Å². The van der Waals surface area contributed by atoms with Gasteiger partial charge in [-0.25, -0.2) is 9.59 Å². The predicted octanol–water partition coefficient (Wildman–Crippen LogP) is -0.817. The van der Waals surface area contributed by atoms with Gasteiger partial charge in [0.1, 0.15) is 25.4 Å². The first-order chi connectivity index (χ1) is 9.03. The Balaban J connectivity index is 0.000000342. The van der Waals surface area contributed by atoms with Crippen molar-refractivity contribution in [1.82, 2.24) is 0 Å². The number of carbonyl (C=O) groups is 2. The van der Waals surface area contributed by atoms with Gasteiger partial charge in [0.15, 0.2) is 0 Å². The van der Waals surface area contributed by atoms with Crippen LogP contribution in [0.5, 0.6) is 0 Å². The molecule has 0 amide bonds. The maximum atomic E-state index is 10.3. The maximum absolute atomic E-state index is 10.3. The van der Waals surface area contributed by atoms with E-state index >= 15 is 0 Å². The second-order valence-corrected chi connectivity index (χ2v) is 3.46. The van der Waals surface area contributed by atoms with E-state index < -0.39 is 18.7 Å². The quantitative estimate of drug-likeness (QED) is 0.355. The minimum atomic E-state index is -0.996. The molecule has 2 atom stereocenters. The molecule has 1 saturated heterocycles. The summed E-state index contributed by atoms with van der Waals surface area (Å²) in [6.45, 7) is 6.86. The fourth-order valence-electron chi connectivity index (χ4n) is 0.688. The molecule has 0 aliphatic carbocycles. The summed E-state index contributed by atoms with van der Waals surface area (Å²) in [5.41, 5.74) is 0. The predicted molar refractivity (Wildman–Crippen MR) is 65.1 cm³/mol. The van der Waals surface area contributed by atoms with Gasteiger partial charge in [0.05, 0.1) is 13.2 Å². The number of ether oxygens (including phenoxy) is 3. The van der Waals surface area contributed by atoms with Gasteiger partial charge in [0.25, 0.3) is 0 Å². The first kappa shape index (κ1) is 17.3. The van der Waals surface area contributed by atoms with Gasteiger partial charge in [-0.15, -0.1) is 0 Å². The number of carbonyl (C=O) groups excluding carboxylic acids is 2. The van der Waals surface area contributed by atoms with Crippen molar-refractivity contribution >= 4 is 11.9 Å². The maximum Gasteiger partial charge on any atom is 0.330 e. The molecule has 0 aromatic heterocycles. The third-order valence-corrected chi connectivity index (χ3v) is 1.78. The van der Waals surface area contributed by atoms with Crippen LogP contribution in [-0.2, 0) is 23.8 Å². The van der Waals surface area contributed by atoms with Gasteiger partial charge in [0.2, 0.25) is 0 Å². The number of hydrogen-bond acceptors (Lipinski definition) is 7. The number of esters is 2. The average Bonchev–Trinajstić information content (AvgIpc) is 3.26. The van der Waals surface area contributed by atoms with Crippen molar-refractivity contribution in [3.05, 3.63) is 25.3 Å². The lowest BCUT2D eigenvalue weighted by Crippen LogP contribution is -2.21. The first-order valence-electron chi connectivity index (χ1n) is 5.52. The molecule has 19 heavy (non-hydrogen) atoms. The molecular weight excluding hydrogens is 256 g/mol. The molecule has 0 aromatic carbocycles. The van der Waals surface area contributed by atoms with Crippen LogP contribution < -0.4 is 0 Å². The van der Waals surface area contributed by atoms with Crippen molar-refractivity contribution in [2.45, 2.75) is 12.2 Å². The fraction of sp³-hybridized carbons (Fsp3) is 0.500. The van der Waals surface area contributed by atoms with Crippen LogP contribution in [0.15, 0.2) is 25.3 Å². The van der Waals surface area contributed by atoms with Crippen LogP contribution in [-0.4, -0.2) is 60.8 Å². The third kappa shape index (κ3) is 11.1. The highest BCUT2D eigenvalue weighted by Crippen LogP contribution is 2.08. The Bertz CT molecular complexity index is 309. The van der Waals surface area contributed by atoms with Gasteiger partial charge in [0, 0.05) is 12.2 Å². The number of rotatable bonds is 7. The summed E-state index contributed by atoms with van der Waals surface area (Å²) in [5, 5.41) is 16.9. The normalized spacial score (nSPS) is 17.3. The fourth-order valence-corrected chi connectivity index (χ4v) is 0.688. The molecular formula is C12H18O7. The molecule has 1 heterocycles. The van der Waals surface area contributed by atoms with Crippen LogP contribution in [0.25, 0.3) is 0 Å². The van der Waals surface area contributed by atoms with Crippen LogP contribution in [0, 0.1) is 0 Å². The Kier molecular flexibility index (Phi) is 9.33. The molecule has 1 fully saturated rings. The highest BCUT2D eigenvalue weighted by atomic mass is 16.6. The lowest BCUT2D eigenvalue weighted by Gasteiger charge is -2.05. The molecule has 1 aliphatic rings. The molecule has 0 radical (unpaired) electrons. The third-order valence-electron chi connectivity index (χ3n) is 1.78. The Morgan fingerprint density at radius 3 is 2.26 bits per heavy atom. The van der Waals surface area contributed by atoms with E-state index in [-0.39, 0.29) is 18.7 Å². The second kappa shape index (κ2) is 10.2. The van der Waals surface area contributed by atoms with E-state index in [9.17, 15) is 9.59 Å². The minimum Gasteiger partial charge on any atom is -0.460 e. The molecule has 0 saturated carbocycles. The van der Waals surface area contributed by atoms with Crippen molar-refractivity contribution in [2.24, 2.45) is 0 Å². The largest absolute Gasteiger partial charge is 0.460 e. The summed E-state index contributed by atoms with van der Waals surface area (Å²) in [6.07, 6.45) is 1.28. The van der Waals surface area contributed by atoms with Crippen LogP contribution >= 0.6 is 0 Å². The van der Waals surface area contributed by atoms with Gasteiger partial charge in [-0.3, -0.25) is 0 Å². The van der Waals surface area contributed by atoms with Gasteiger partial charge in [-0.2, -0.15) is 0 Å². The molecule has 7 nitrogen and oxygen atoms in total. The van der Waals surface area contributed by atoms with E-state index in [1.54, 1.807) is 0 Å². The van der Waals surface area contributed by atoms with Crippen molar-refractivity contribution in [1.29, 1.82) is 0 Å². The van der Waals surface area contributed by atoms with Gasteiger partial charge in [-0.1, -0.05) is 13.2 Å². The Labute approximate surface area is 111 Å². The zero-order valence-electron chi connectivity index (χ0n) is 10.5. The monoisotopic (exact) mass is 274 g/mol. The molecule has 108 valence electrons.